The van der Waals surface area contributed by atoms with Crippen LogP contribution >= 0.6 is 0 Å². The maximum Gasteiger partial charge on any atom is 0.179 e. The third kappa shape index (κ3) is 2.73. The molecule has 0 saturated carbocycles. The van der Waals surface area contributed by atoms with Crippen molar-refractivity contribution in [1.82, 2.24) is 4.90 Å². The summed E-state index contributed by atoms with van der Waals surface area (Å²) in [6.45, 7) is 5.10. The van der Waals surface area contributed by atoms with Crippen molar-refractivity contribution in [2.75, 3.05) is 13.1 Å². The number of carbonyl (C=O) groups is 1. The lowest BCUT2D eigenvalue weighted by molar-refractivity contribution is 0.0597. The fourth-order valence-corrected chi connectivity index (χ4v) is 2.32. The molecule has 1 aliphatic rings. The van der Waals surface area contributed by atoms with E-state index in [2.05, 4.69) is 4.90 Å². The van der Waals surface area contributed by atoms with Gasteiger partial charge in [0.15, 0.2) is 5.78 Å². The molecule has 0 aromatic heterocycles. The third-order valence-electron chi connectivity index (χ3n) is 3.47. The molecule has 1 saturated heterocycles. The summed E-state index contributed by atoms with van der Waals surface area (Å²) in [7, 11) is 0. The number of hydrogen-bond acceptors (Lipinski definition) is 3. The van der Waals surface area contributed by atoms with Crippen LogP contribution in [0.25, 0.3) is 0 Å². The van der Waals surface area contributed by atoms with Crippen LogP contribution in [0.1, 0.15) is 30.6 Å². The number of hydrogen-bond donors (Lipinski definition) is 1. The fraction of sp³-hybridized carbons (Fsp3) is 0.500. The van der Waals surface area contributed by atoms with Crippen LogP contribution in [0.2, 0.25) is 0 Å². The molecule has 3 nitrogen and oxygen atoms in total. The Morgan fingerprint density at radius 2 is 2.06 bits per heavy atom. The first kappa shape index (κ1) is 12.3. The average molecular weight is 233 g/mol. The quantitative estimate of drug-likeness (QED) is 0.808. The number of rotatable bonds is 3. The number of aliphatic hydroxyl groups is 1. The van der Waals surface area contributed by atoms with E-state index in [9.17, 15) is 9.90 Å². The molecule has 92 valence electrons. The smallest absolute Gasteiger partial charge is 0.179 e. The van der Waals surface area contributed by atoms with Gasteiger partial charge in [0, 0.05) is 18.7 Å². The lowest BCUT2D eigenvalue weighted by atomic mass is 10.0. The predicted octanol–water partition coefficient (Wildman–Crippen LogP) is 1.71. The van der Waals surface area contributed by atoms with Gasteiger partial charge in [0.05, 0.1) is 11.6 Å². The van der Waals surface area contributed by atoms with Crippen molar-refractivity contribution in [3.63, 3.8) is 0 Å². The van der Waals surface area contributed by atoms with Crippen molar-refractivity contribution in [2.24, 2.45) is 0 Å². The van der Waals surface area contributed by atoms with Crippen LogP contribution in [0.5, 0.6) is 0 Å². The van der Waals surface area contributed by atoms with Gasteiger partial charge in [0.2, 0.25) is 0 Å². The molecule has 1 fully saturated rings. The molecule has 0 bridgehead atoms. The van der Waals surface area contributed by atoms with Crippen molar-refractivity contribution in [1.29, 1.82) is 0 Å². The molecule has 0 spiro atoms. The highest BCUT2D eigenvalue weighted by Crippen LogP contribution is 2.23. The summed E-state index contributed by atoms with van der Waals surface area (Å²) in [5.74, 6) is 0.128. The van der Waals surface area contributed by atoms with Gasteiger partial charge >= 0.3 is 0 Å². The topological polar surface area (TPSA) is 40.5 Å². The molecule has 2 atom stereocenters. The molecule has 1 N–H and O–H groups in total. The van der Waals surface area contributed by atoms with Crippen LogP contribution in [0.15, 0.2) is 30.3 Å². The molecule has 1 aromatic rings. The Labute approximate surface area is 102 Å². The van der Waals surface area contributed by atoms with E-state index >= 15 is 0 Å². The van der Waals surface area contributed by atoms with Gasteiger partial charge in [-0.3, -0.25) is 9.69 Å². The summed E-state index contributed by atoms with van der Waals surface area (Å²) < 4.78 is 0. The van der Waals surface area contributed by atoms with Crippen LogP contribution in [0.4, 0.5) is 0 Å². The molecule has 0 amide bonds. The van der Waals surface area contributed by atoms with Crippen molar-refractivity contribution in [3.8, 4) is 0 Å². The number of carbonyl (C=O) groups excluding carboxylic acids is 1. The van der Waals surface area contributed by atoms with Crippen molar-refractivity contribution in [2.45, 2.75) is 31.9 Å². The van der Waals surface area contributed by atoms with Crippen LogP contribution in [0, 0.1) is 0 Å². The zero-order chi connectivity index (χ0) is 12.5. The molecule has 1 heterocycles. The van der Waals surface area contributed by atoms with E-state index in [1.165, 1.54) is 0 Å². The van der Waals surface area contributed by atoms with E-state index in [-0.39, 0.29) is 11.8 Å². The normalized spacial score (nSPS) is 27.0. The van der Waals surface area contributed by atoms with E-state index in [1.807, 2.05) is 44.2 Å². The predicted molar refractivity (Wildman–Crippen MR) is 67.0 cm³/mol. The van der Waals surface area contributed by atoms with Crippen LogP contribution in [-0.2, 0) is 0 Å². The largest absolute Gasteiger partial charge is 0.389 e. The van der Waals surface area contributed by atoms with E-state index in [1.54, 1.807) is 0 Å². The summed E-state index contributed by atoms with van der Waals surface area (Å²) >= 11 is 0. The third-order valence-corrected chi connectivity index (χ3v) is 3.47. The Bertz CT molecular complexity index is 400. The van der Waals surface area contributed by atoms with Gasteiger partial charge < -0.3 is 5.11 Å². The monoisotopic (exact) mass is 233 g/mol. The highest BCUT2D eigenvalue weighted by molar-refractivity contribution is 5.99. The minimum Gasteiger partial charge on any atom is -0.389 e. The second kappa shape index (κ2) is 4.59. The number of benzene rings is 1. The number of ketones is 1. The van der Waals surface area contributed by atoms with Crippen LogP contribution in [-0.4, -0.2) is 40.5 Å². The summed E-state index contributed by atoms with van der Waals surface area (Å²) in [4.78, 5) is 14.3. The van der Waals surface area contributed by atoms with E-state index < -0.39 is 5.60 Å². The molecule has 0 aliphatic carbocycles. The van der Waals surface area contributed by atoms with Gasteiger partial charge in [-0.15, -0.1) is 0 Å². The second-order valence-corrected chi connectivity index (χ2v) is 5.12. The Kier molecular flexibility index (Phi) is 3.31. The van der Waals surface area contributed by atoms with E-state index in [0.29, 0.717) is 6.54 Å². The minimum absolute atomic E-state index is 0.128. The first-order valence-corrected chi connectivity index (χ1v) is 6.05. The molecular formula is C14H19NO2. The average Bonchev–Trinajstić information content (AvgIpc) is 2.69. The zero-order valence-corrected chi connectivity index (χ0v) is 10.4. The molecule has 2 unspecified atom stereocenters. The number of likely N-dealkylation sites (tertiary alicyclic amines) is 1. The summed E-state index contributed by atoms with van der Waals surface area (Å²) in [6.07, 6.45) is 0.736. The summed E-state index contributed by atoms with van der Waals surface area (Å²) in [5, 5.41) is 9.91. The molecule has 17 heavy (non-hydrogen) atoms. The first-order valence-electron chi connectivity index (χ1n) is 6.05. The lowest BCUT2D eigenvalue weighted by Gasteiger charge is -2.24. The van der Waals surface area contributed by atoms with E-state index in [4.69, 9.17) is 0 Å². The lowest BCUT2D eigenvalue weighted by Crippen LogP contribution is -2.40. The molecule has 0 radical (unpaired) electrons. The highest BCUT2D eigenvalue weighted by atomic mass is 16.3. The van der Waals surface area contributed by atoms with Crippen molar-refractivity contribution < 1.29 is 9.90 Å². The first-order chi connectivity index (χ1) is 7.99. The van der Waals surface area contributed by atoms with Gasteiger partial charge in [0.1, 0.15) is 0 Å². The molecular weight excluding hydrogens is 214 g/mol. The summed E-state index contributed by atoms with van der Waals surface area (Å²) in [6, 6.07) is 9.17. The molecule has 1 aliphatic heterocycles. The van der Waals surface area contributed by atoms with Crippen molar-refractivity contribution >= 4 is 5.78 Å². The van der Waals surface area contributed by atoms with Crippen molar-refractivity contribution in [3.05, 3.63) is 35.9 Å². The minimum atomic E-state index is -0.648. The van der Waals surface area contributed by atoms with Crippen LogP contribution in [0.3, 0.4) is 0 Å². The molecule has 1 aromatic carbocycles. The number of Topliss-reactive ketones (excluding diaryl/α,β-unsaturated/α-hetero) is 1. The number of nitrogens with zero attached hydrogens (tertiary/aromatic N) is 1. The fourth-order valence-electron chi connectivity index (χ4n) is 2.32. The molecule has 3 heteroatoms. The Morgan fingerprint density at radius 3 is 2.59 bits per heavy atom. The Morgan fingerprint density at radius 1 is 1.41 bits per heavy atom. The standard InChI is InChI=1S/C14H19NO2/c1-11(15-9-8-14(2,17)10-15)13(16)12-6-4-3-5-7-12/h3-7,11,17H,8-10H2,1-2H3. The second-order valence-electron chi connectivity index (χ2n) is 5.12. The maximum atomic E-state index is 12.2. The van der Waals surface area contributed by atoms with Crippen LogP contribution < -0.4 is 0 Å². The maximum absolute atomic E-state index is 12.2. The number of β-amino-alcohol motifs (C(OH)–C–C–N with tert-alkyl or cyclic N) is 1. The van der Waals surface area contributed by atoms with Gasteiger partial charge in [-0.2, -0.15) is 0 Å². The van der Waals surface area contributed by atoms with Gasteiger partial charge in [-0.25, -0.2) is 0 Å². The van der Waals surface area contributed by atoms with Gasteiger partial charge in [0.25, 0.3) is 0 Å². The molecule has 2 rings (SSSR count). The Hall–Kier alpha value is -1.19. The highest BCUT2D eigenvalue weighted by Gasteiger charge is 2.35. The van der Waals surface area contributed by atoms with Gasteiger partial charge in [-0.05, 0) is 20.3 Å². The van der Waals surface area contributed by atoms with Gasteiger partial charge in [-0.1, -0.05) is 30.3 Å². The zero-order valence-electron chi connectivity index (χ0n) is 10.4. The SMILES string of the molecule is CC(C(=O)c1ccccc1)N1CCC(C)(O)C1. The van der Waals surface area contributed by atoms with E-state index in [0.717, 1.165) is 18.5 Å². The summed E-state index contributed by atoms with van der Waals surface area (Å²) in [5.41, 5.74) is 0.0946. The Balaban J connectivity index is 2.06.